The van der Waals surface area contributed by atoms with E-state index in [4.69, 9.17) is 20.8 Å². The predicted octanol–water partition coefficient (Wildman–Crippen LogP) is 5.10. The fourth-order valence-electron chi connectivity index (χ4n) is 2.56. The molecule has 0 amide bonds. The van der Waals surface area contributed by atoms with Crippen molar-refractivity contribution >= 4 is 23.5 Å². The first kappa shape index (κ1) is 17.9. The van der Waals surface area contributed by atoms with Gasteiger partial charge in [-0.05, 0) is 31.2 Å². The molecule has 0 saturated carbocycles. The van der Waals surface area contributed by atoms with Gasteiger partial charge in [-0.1, -0.05) is 24.3 Å². The van der Waals surface area contributed by atoms with Gasteiger partial charge in [0.2, 0.25) is 0 Å². The van der Waals surface area contributed by atoms with Crippen LogP contribution in [0.5, 0.6) is 5.75 Å². The third-order valence-corrected chi connectivity index (χ3v) is 4.14. The zero-order chi connectivity index (χ0) is 18.7. The quantitative estimate of drug-likeness (QED) is 0.651. The second kappa shape index (κ2) is 7.58. The summed E-state index contributed by atoms with van der Waals surface area (Å²) >= 11 is 5.96. The number of hydrogen-bond donors (Lipinski definition) is 1. The van der Waals surface area contributed by atoms with Crippen molar-refractivity contribution in [2.45, 2.75) is 13.5 Å². The highest BCUT2D eigenvalue weighted by Crippen LogP contribution is 2.34. The van der Waals surface area contributed by atoms with Gasteiger partial charge in [0.25, 0.3) is 0 Å². The Labute approximate surface area is 155 Å². The number of furan rings is 1. The minimum atomic E-state index is -0.609. The molecule has 0 aliphatic carbocycles. The van der Waals surface area contributed by atoms with Crippen molar-refractivity contribution in [2.75, 3.05) is 12.4 Å². The minimum Gasteiger partial charge on any atom is -0.492 e. The van der Waals surface area contributed by atoms with E-state index in [0.29, 0.717) is 18.1 Å². The van der Waals surface area contributed by atoms with E-state index in [2.05, 4.69) is 21.9 Å². The highest BCUT2D eigenvalue weighted by molar-refractivity contribution is 6.32. The summed E-state index contributed by atoms with van der Waals surface area (Å²) in [6, 6.07) is 6.73. The molecule has 5 nitrogen and oxygen atoms in total. The van der Waals surface area contributed by atoms with Gasteiger partial charge >= 0.3 is 0 Å². The minimum absolute atomic E-state index is 0.0386. The van der Waals surface area contributed by atoms with Crippen molar-refractivity contribution in [3.8, 4) is 17.1 Å². The highest BCUT2D eigenvalue weighted by Gasteiger charge is 2.18. The lowest BCUT2D eigenvalue weighted by Crippen LogP contribution is -2.07. The Hall–Kier alpha value is -2.86. The first-order valence-corrected chi connectivity index (χ1v) is 8.22. The molecule has 7 heteroatoms. The van der Waals surface area contributed by atoms with Crippen molar-refractivity contribution < 1.29 is 13.5 Å². The van der Waals surface area contributed by atoms with E-state index in [9.17, 15) is 4.39 Å². The molecule has 0 unspecified atom stereocenters. The lowest BCUT2D eigenvalue weighted by Gasteiger charge is -2.13. The highest BCUT2D eigenvalue weighted by atomic mass is 35.5. The molecule has 2 aromatic heterocycles. The normalized spacial score (nSPS) is 10.6. The summed E-state index contributed by atoms with van der Waals surface area (Å²) in [5.74, 6) is 0.859. The summed E-state index contributed by atoms with van der Waals surface area (Å²) in [7, 11) is 1.36. The molecule has 1 aromatic carbocycles. The van der Waals surface area contributed by atoms with Crippen molar-refractivity contribution in [3.05, 3.63) is 65.0 Å². The number of rotatable bonds is 6. The average molecular weight is 374 g/mol. The van der Waals surface area contributed by atoms with E-state index < -0.39 is 5.82 Å². The van der Waals surface area contributed by atoms with Crippen LogP contribution >= 0.6 is 11.6 Å². The molecular formula is C19H17ClFN3O2. The maximum Gasteiger partial charge on any atom is 0.177 e. The summed E-state index contributed by atoms with van der Waals surface area (Å²) < 4.78 is 25.1. The monoisotopic (exact) mass is 373 g/mol. The van der Waals surface area contributed by atoms with Crippen LogP contribution < -0.4 is 10.1 Å². The van der Waals surface area contributed by atoms with Crippen LogP contribution in [-0.2, 0) is 6.54 Å². The summed E-state index contributed by atoms with van der Waals surface area (Å²) in [5.41, 5.74) is 1.60. The first-order valence-electron chi connectivity index (χ1n) is 7.84. The number of aryl methyl sites for hydroxylation is 1. The van der Waals surface area contributed by atoms with E-state index in [0.717, 1.165) is 11.3 Å². The van der Waals surface area contributed by atoms with Crippen LogP contribution in [0.4, 0.5) is 10.2 Å². The van der Waals surface area contributed by atoms with Crippen molar-refractivity contribution in [2.24, 2.45) is 0 Å². The molecule has 0 spiro atoms. The number of hydrogen-bond acceptors (Lipinski definition) is 5. The van der Waals surface area contributed by atoms with Gasteiger partial charge in [-0.15, -0.1) is 0 Å². The van der Waals surface area contributed by atoms with Crippen LogP contribution in [0.25, 0.3) is 17.5 Å². The molecule has 3 rings (SSSR count). The lowest BCUT2D eigenvalue weighted by molar-refractivity contribution is 0.387. The molecule has 0 atom stereocenters. The summed E-state index contributed by atoms with van der Waals surface area (Å²) in [4.78, 5) is 8.87. The van der Waals surface area contributed by atoms with E-state index in [1.165, 1.54) is 13.2 Å². The lowest BCUT2D eigenvalue weighted by atomic mass is 10.1. The van der Waals surface area contributed by atoms with Crippen molar-refractivity contribution in [1.29, 1.82) is 0 Å². The van der Waals surface area contributed by atoms with Gasteiger partial charge in [-0.2, -0.15) is 0 Å². The molecule has 26 heavy (non-hydrogen) atoms. The van der Waals surface area contributed by atoms with E-state index in [-0.39, 0.29) is 22.2 Å². The number of methoxy groups -OCH3 is 1. The maximum absolute atomic E-state index is 14.7. The number of anilines is 1. The Morgan fingerprint density at radius 3 is 2.81 bits per heavy atom. The molecule has 0 radical (unpaired) electrons. The zero-order valence-corrected chi connectivity index (χ0v) is 15.1. The van der Waals surface area contributed by atoms with Gasteiger partial charge < -0.3 is 14.5 Å². The van der Waals surface area contributed by atoms with Crippen LogP contribution in [0, 0.1) is 12.7 Å². The van der Waals surface area contributed by atoms with Crippen molar-refractivity contribution in [3.63, 3.8) is 0 Å². The number of nitrogens with one attached hydrogen (secondary N) is 1. The second-order valence-corrected chi connectivity index (χ2v) is 5.88. The molecule has 2 heterocycles. The summed E-state index contributed by atoms with van der Waals surface area (Å²) in [6.07, 6.45) is 3.25. The Morgan fingerprint density at radius 1 is 1.35 bits per heavy atom. The molecule has 0 aliphatic heterocycles. The maximum atomic E-state index is 14.7. The van der Waals surface area contributed by atoms with Crippen LogP contribution in [0.1, 0.15) is 17.0 Å². The van der Waals surface area contributed by atoms with Crippen molar-refractivity contribution in [1.82, 2.24) is 9.97 Å². The smallest absolute Gasteiger partial charge is 0.177 e. The van der Waals surface area contributed by atoms with Gasteiger partial charge in [0, 0.05) is 5.56 Å². The molecular weight excluding hydrogens is 357 g/mol. The van der Waals surface area contributed by atoms with Crippen LogP contribution in [0.15, 0.2) is 41.5 Å². The van der Waals surface area contributed by atoms with Gasteiger partial charge in [-0.3, -0.25) is 0 Å². The summed E-state index contributed by atoms with van der Waals surface area (Å²) in [6.45, 7) is 6.04. The third kappa shape index (κ3) is 3.41. The predicted molar refractivity (Wildman–Crippen MR) is 99.9 cm³/mol. The molecule has 134 valence electrons. The third-order valence-electron chi connectivity index (χ3n) is 3.84. The molecule has 3 aromatic rings. The first-order chi connectivity index (χ1) is 12.5. The van der Waals surface area contributed by atoms with Gasteiger partial charge in [-0.25, -0.2) is 14.4 Å². The largest absolute Gasteiger partial charge is 0.492 e. The molecule has 0 aliphatic rings. The number of ether oxygens (including phenoxy) is 1. The van der Waals surface area contributed by atoms with Gasteiger partial charge in [0.05, 0.1) is 36.2 Å². The number of aromatic nitrogens is 2. The average Bonchev–Trinajstić information content (AvgIpc) is 3.13. The number of benzene rings is 1. The Morgan fingerprint density at radius 2 is 2.15 bits per heavy atom. The van der Waals surface area contributed by atoms with Gasteiger partial charge in [0.1, 0.15) is 11.6 Å². The van der Waals surface area contributed by atoms with E-state index in [1.54, 1.807) is 24.5 Å². The zero-order valence-electron chi connectivity index (χ0n) is 14.3. The Bertz CT molecular complexity index is 942. The standard InChI is InChI=1S/C19H17ClFN3O2/c1-4-13-11(2)23-19(14-7-8-15(20)17(25-3)16(14)21)24-18(13)22-10-12-6-5-9-26-12/h4-9H,1,10H2,2-3H3,(H,22,23,24). The topological polar surface area (TPSA) is 60.2 Å². The number of halogens is 2. The Balaban J connectivity index is 2.05. The molecule has 0 bridgehead atoms. The second-order valence-electron chi connectivity index (χ2n) is 5.47. The molecule has 1 N–H and O–H groups in total. The van der Waals surface area contributed by atoms with Crippen LogP contribution in [-0.4, -0.2) is 17.1 Å². The molecule has 0 fully saturated rings. The SMILES string of the molecule is C=Cc1c(C)nc(-c2ccc(Cl)c(OC)c2F)nc1NCc1ccco1. The number of nitrogens with zero attached hydrogens (tertiary/aromatic N) is 2. The fraction of sp³-hybridized carbons (Fsp3) is 0.158. The summed E-state index contributed by atoms with van der Waals surface area (Å²) in [5, 5.41) is 3.37. The van der Waals surface area contributed by atoms with E-state index in [1.807, 2.05) is 13.0 Å². The van der Waals surface area contributed by atoms with Crippen LogP contribution in [0.2, 0.25) is 5.02 Å². The Kier molecular flexibility index (Phi) is 5.23. The molecule has 0 saturated heterocycles. The van der Waals surface area contributed by atoms with E-state index >= 15 is 0 Å². The van der Waals surface area contributed by atoms with Gasteiger partial charge in [0.15, 0.2) is 17.4 Å². The fourth-order valence-corrected chi connectivity index (χ4v) is 2.78. The van der Waals surface area contributed by atoms with Crippen LogP contribution in [0.3, 0.4) is 0 Å².